The summed E-state index contributed by atoms with van der Waals surface area (Å²) in [4.78, 5) is 0. The molecular weight excluding hydrogens is 295 g/mol. The van der Waals surface area contributed by atoms with Crippen molar-refractivity contribution in [3.63, 3.8) is 0 Å². The molecule has 0 radical (unpaired) electrons. The minimum Gasteiger partial charge on any atom is -0.142 e. The summed E-state index contributed by atoms with van der Waals surface area (Å²) in [6.07, 6.45) is 5.75. The lowest BCUT2D eigenvalue weighted by molar-refractivity contribution is 0.480. The lowest BCUT2D eigenvalue weighted by Gasteiger charge is -2.04. The van der Waals surface area contributed by atoms with Gasteiger partial charge in [0.05, 0.1) is 0 Å². The van der Waals surface area contributed by atoms with Crippen LogP contribution in [0.3, 0.4) is 0 Å². The zero-order valence-electron chi connectivity index (χ0n) is 7.24. The van der Waals surface area contributed by atoms with Gasteiger partial charge in [0.1, 0.15) is 5.01 Å². The van der Waals surface area contributed by atoms with E-state index < -0.39 is 0 Å². The van der Waals surface area contributed by atoms with E-state index in [0.29, 0.717) is 0 Å². The fraction of sp³-hybridized carbons (Fsp3) is 0.778. The highest BCUT2D eigenvalue weighted by molar-refractivity contribution is 14.1. The highest BCUT2D eigenvalue weighted by Gasteiger charge is 2.52. The molecule has 0 N–H and O–H groups in total. The van der Waals surface area contributed by atoms with Crippen molar-refractivity contribution in [2.75, 3.05) is 0 Å². The van der Waals surface area contributed by atoms with Crippen LogP contribution in [0.15, 0.2) is 0 Å². The summed E-state index contributed by atoms with van der Waals surface area (Å²) < 4.78 is 1.09. The van der Waals surface area contributed by atoms with Gasteiger partial charge in [-0.15, -0.1) is 10.2 Å². The Hall–Kier alpha value is 0.290. The number of hydrogen-bond acceptors (Lipinski definition) is 3. The molecule has 0 bridgehead atoms. The molecule has 70 valence electrons. The second-order valence-electron chi connectivity index (χ2n) is 4.03. The smallest absolute Gasteiger partial charge is 0.142 e. The third-order valence-electron chi connectivity index (χ3n) is 3.36. The highest BCUT2D eigenvalue weighted by Crippen LogP contribution is 2.61. The normalized spacial score (nSPS) is 37.2. The first-order valence-electron chi connectivity index (χ1n) is 4.85. The van der Waals surface area contributed by atoms with Gasteiger partial charge in [-0.25, -0.2) is 0 Å². The molecular formula is C9H11IN2S. The standard InChI is InChI=1S/C9H11IN2S/c10-9-12-11-8(13-9)7-5-3-1-2-4-6(5)7/h5-7H,1-4H2. The first kappa shape index (κ1) is 8.59. The fourth-order valence-electron chi connectivity index (χ4n) is 2.71. The van der Waals surface area contributed by atoms with Gasteiger partial charge in [-0.3, -0.25) is 0 Å². The number of hydrogen-bond donors (Lipinski definition) is 0. The van der Waals surface area contributed by atoms with Gasteiger partial charge in [0.2, 0.25) is 0 Å². The monoisotopic (exact) mass is 306 g/mol. The first-order chi connectivity index (χ1) is 6.36. The summed E-state index contributed by atoms with van der Waals surface area (Å²) in [5.74, 6) is 2.73. The van der Waals surface area contributed by atoms with Crippen molar-refractivity contribution in [1.29, 1.82) is 0 Å². The summed E-state index contributed by atoms with van der Waals surface area (Å²) in [5.41, 5.74) is 0. The number of nitrogens with zero attached hydrogens (tertiary/aromatic N) is 2. The first-order valence-corrected chi connectivity index (χ1v) is 6.74. The summed E-state index contributed by atoms with van der Waals surface area (Å²) in [5, 5.41) is 9.66. The SMILES string of the molecule is Ic1nnc(C2C3CCCCC32)s1. The Balaban J connectivity index is 1.81. The Morgan fingerprint density at radius 1 is 1.15 bits per heavy atom. The summed E-state index contributed by atoms with van der Waals surface area (Å²) in [6.45, 7) is 0. The number of aromatic nitrogens is 2. The summed E-state index contributed by atoms with van der Waals surface area (Å²) in [7, 11) is 0. The third kappa shape index (κ3) is 1.42. The van der Waals surface area contributed by atoms with Crippen molar-refractivity contribution in [2.45, 2.75) is 31.6 Å². The fourth-order valence-corrected chi connectivity index (χ4v) is 4.32. The topological polar surface area (TPSA) is 25.8 Å². The maximum Gasteiger partial charge on any atom is 0.178 e. The molecule has 2 nitrogen and oxygen atoms in total. The lowest BCUT2D eigenvalue weighted by atomic mass is 10.0. The molecule has 0 saturated heterocycles. The van der Waals surface area contributed by atoms with E-state index in [1.165, 1.54) is 30.7 Å². The predicted octanol–water partition coefficient (Wildman–Crippen LogP) is 3.05. The van der Waals surface area contributed by atoms with Crippen LogP contribution in [0.2, 0.25) is 0 Å². The maximum absolute atomic E-state index is 4.26. The molecule has 2 aliphatic carbocycles. The van der Waals surface area contributed by atoms with Gasteiger partial charge in [-0.1, -0.05) is 24.2 Å². The van der Waals surface area contributed by atoms with E-state index in [-0.39, 0.29) is 0 Å². The largest absolute Gasteiger partial charge is 0.178 e. The maximum atomic E-state index is 4.26. The van der Waals surface area contributed by atoms with Crippen molar-refractivity contribution in [3.05, 3.63) is 8.02 Å². The van der Waals surface area contributed by atoms with E-state index in [1.807, 2.05) is 0 Å². The van der Waals surface area contributed by atoms with E-state index >= 15 is 0 Å². The van der Waals surface area contributed by atoms with E-state index in [1.54, 1.807) is 11.3 Å². The van der Waals surface area contributed by atoms with E-state index in [4.69, 9.17) is 0 Å². The van der Waals surface area contributed by atoms with Crippen molar-refractivity contribution in [2.24, 2.45) is 11.8 Å². The van der Waals surface area contributed by atoms with Gasteiger partial charge in [-0.05, 0) is 47.3 Å². The molecule has 2 fully saturated rings. The molecule has 1 aromatic heterocycles. The van der Waals surface area contributed by atoms with Gasteiger partial charge in [-0.2, -0.15) is 0 Å². The summed E-state index contributed by atoms with van der Waals surface area (Å²) in [6, 6.07) is 0. The second-order valence-corrected chi connectivity index (χ2v) is 6.79. The van der Waals surface area contributed by atoms with E-state index in [9.17, 15) is 0 Å². The van der Waals surface area contributed by atoms with Crippen molar-refractivity contribution >= 4 is 33.9 Å². The molecule has 13 heavy (non-hydrogen) atoms. The van der Waals surface area contributed by atoms with Crippen LogP contribution in [0, 0.1) is 14.9 Å². The molecule has 1 heterocycles. The average Bonchev–Trinajstić information content (AvgIpc) is 2.73. The Morgan fingerprint density at radius 2 is 1.85 bits per heavy atom. The Morgan fingerprint density at radius 3 is 2.38 bits per heavy atom. The van der Waals surface area contributed by atoms with Crippen LogP contribution in [0.4, 0.5) is 0 Å². The second kappa shape index (κ2) is 3.15. The minimum absolute atomic E-state index is 0.795. The van der Waals surface area contributed by atoms with Crippen LogP contribution < -0.4 is 0 Å². The van der Waals surface area contributed by atoms with Crippen LogP contribution in [-0.4, -0.2) is 10.2 Å². The Kier molecular flexibility index (Phi) is 2.08. The van der Waals surface area contributed by atoms with Crippen LogP contribution in [-0.2, 0) is 0 Å². The molecule has 0 spiro atoms. The van der Waals surface area contributed by atoms with Crippen molar-refractivity contribution < 1.29 is 0 Å². The molecule has 2 saturated carbocycles. The molecule has 3 rings (SSSR count). The highest BCUT2D eigenvalue weighted by atomic mass is 127. The molecule has 0 aliphatic heterocycles. The van der Waals surface area contributed by atoms with Gasteiger partial charge < -0.3 is 0 Å². The van der Waals surface area contributed by atoms with Crippen LogP contribution >= 0.6 is 33.9 Å². The van der Waals surface area contributed by atoms with Gasteiger partial charge in [0.15, 0.2) is 3.01 Å². The molecule has 0 aromatic carbocycles. The molecule has 4 heteroatoms. The van der Waals surface area contributed by atoms with Crippen molar-refractivity contribution in [3.8, 4) is 0 Å². The zero-order valence-corrected chi connectivity index (χ0v) is 10.2. The van der Waals surface area contributed by atoms with Gasteiger partial charge >= 0.3 is 0 Å². The Bertz CT molecular complexity index is 313. The molecule has 2 aliphatic rings. The third-order valence-corrected chi connectivity index (χ3v) is 5.05. The van der Waals surface area contributed by atoms with E-state index in [2.05, 4.69) is 32.8 Å². The summed E-state index contributed by atoms with van der Waals surface area (Å²) >= 11 is 4.05. The molecule has 2 atom stereocenters. The van der Waals surface area contributed by atoms with Gasteiger partial charge in [0, 0.05) is 5.92 Å². The number of rotatable bonds is 1. The van der Waals surface area contributed by atoms with Crippen LogP contribution in [0.1, 0.15) is 36.6 Å². The predicted molar refractivity (Wildman–Crippen MR) is 60.8 cm³/mol. The quantitative estimate of drug-likeness (QED) is 0.745. The lowest BCUT2D eigenvalue weighted by Crippen LogP contribution is -1.91. The van der Waals surface area contributed by atoms with Crippen LogP contribution in [0.25, 0.3) is 0 Å². The average molecular weight is 306 g/mol. The van der Waals surface area contributed by atoms with Gasteiger partial charge in [0.25, 0.3) is 0 Å². The Labute approximate surface area is 95.3 Å². The molecule has 1 aromatic rings. The van der Waals surface area contributed by atoms with Crippen LogP contribution in [0.5, 0.6) is 0 Å². The number of halogens is 1. The van der Waals surface area contributed by atoms with E-state index in [0.717, 1.165) is 20.8 Å². The van der Waals surface area contributed by atoms with Crippen molar-refractivity contribution in [1.82, 2.24) is 10.2 Å². The zero-order chi connectivity index (χ0) is 8.84. The molecule has 0 amide bonds. The number of fused-ring (bicyclic) bond motifs is 1. The molecule has 2 unspecified atom stereocenters. The minimum atomic E-state index is 0.795.